The van der Waals surface area contributed by atoms with E-state index in [4.69, 9.17) is 5.26 Å². The molecule has 0 bridgehead atoms. The van der Waals surface area contributed by atoms with Crippen molar-refractivity contribution in [3.63, 3.8) is 0 Å². The lowest BCUT2D eigenvalue weighted by Crippen LogP contribution is -3.11. The average molecular weight is 247 g/mol. The predicted octanol–water partition coefficient (Wildman–Crippen LogP) is 0.180. The maximum atomic E-state index is 8.81. The van der Waals surface area contributed by atoms with Gasteiger partial charge in [0.1, 0.15) is 0 Å². The molecule has 17 heavy (non-hydrogen) atoms. The molecule has 1 aromatic carbocycles. The van der Waals surface area contributed by atoms with E-state index in [1.807, 2.05) is 24.3 Å². The molecule has 4 nitrogen and oxygen atoms in total. The van der Waals surface area contributed by atoms with Crippen LogP contribution in [0.3, 0.4) is 0 Å². The molecule has 1 unspecified atom stereocenters. The molecule has 1 heterocycles. The summed E-state index contributed by atoms with van der Waals surface area (Å²) in [5, 5.41) is 13.1. The van der Waals surface area contributed by atoms with Crippen molar-refractivity contribution < 1.29 is 4.90 Å². The number of nitriles is 1. The van der Waals surface area contributed by atoms with Gasteiger partial charge in [0.25, 0.3) is 0 Å². The molecular formula is C12H15N4S+. The van der Waals surface area contributed by atoms with Crippen LogP contribution in [-0.2, 0) is 5.75 Å². The van der Waals surface area contributed by atoms with Crippen molar-refractivity contribution in [2.75, 3.05) is 20.4 Å². The van der Waals surface area contributed by atoms with Crippen LogP contribution >= 0.6 is 11.8 Å². The second-order valence-electron chi connectivity index (χ2n) is 4.03. The van der Waals surface area contributed by atoms with E-state index in [0.29, 0.717) is 5.56 Å². The number of amidine groups is 1. The fourth-order valence-corrected chi connectivity index (χ4v) is 2.34. The summed E-state index contributed by atoms with van der Waals surface area (Å²) in [7, 11) is 2.11. The van der Waals surface area contributed by atoms with Gasteiger partial charge in [0, 0.05) is 5.75 Å². The van der Waals surface area contributed by atoms with E-state index < -0.39 is 0 Å². The Morgan fingerprint density at radius 3 is 3.18 bits per heavy atom. The Bertz CT molecular complexity index is 464. The van der Waals surface area contributed by atoms with Gasteiger partial charge in [-0.15, -0.1) is 0 Å². The third kappa shape index (κ3) is 3.48. The minimum atomic E-state index is 0.714. The van der Waals surface area contributed by atoms with Crippen LogP contribution in [0, 0.1) is 11.3 Å². The molecule has 88 valence electrons. The molecule has 0 amide bonds. The molecule has 1 aliphatic heterocycles. The Morgan fingerprint density at radius 1 is 1.59 bits per heavy atom. The maximum absolute atomic E-state index is 8.81. The van der Waals surface area contributed by atoms with E-state index in [1.165, 1.54) is 4.90 Å². The van der Waals surface area contributed by atoms with Gasteiger partial charge in [-0.25, -0.2) is 4.99 Å². The largest absolute Gasteiger partial charge is 0.318 e. The van der Waals surface area contributed by atoms with Crippen LogP contribution < -0.4 is 10.2 Å². The van der Waals surface area contributed by atoms with Gasteiger partial charge in [0.2, 0.25) is 0 Å². The number of nitrogens with one attached hydrogen (secondary N) is 2. The molecule has 2 N–H and O–H groups in total. The number of nitrogens with zero attached hydrogens (tertiary/aromatic N) is 2. The predicted molar refractivity (Wildman–Crippen MR) is 69.6 cm³/mol. The van der Waals surface area contributed by atoms with Crippen molar-refractivity contribution in [2.45, 2.75) is 5.75 Å². The first kappa shape index (κ1) is 12.0. The van der Waals surface area contributed by atoms with Crippen molar-refractivity contribution in [3.8, 4) is 6.07 Å². The minimum Gasteiger partial charge on any atom is -0.318 e. The molecule has 0 saturated heterocycles. The van der Waals surface area contributed by atoms with Gasteiger partial charge in [-0.05, 0) is 17.7 Å². The highest BCUT2D eigenvalue weighted by Crippen LogP contribution is 2.14. The Morgan fingerprint density at radius 2 is 2.47 bits per heavy atom. The van der Waals surface area contributed by atoms with Gasteiger partial charge in [0.15, 0.2) is 18.5 Å². The topological polar surface area (TPSA) is 52.6 Å². The summed E-state index contributed by atoms with van der Waals surface area (Å²) in [5.74, 6) is 0.848. The molecule has 0 fully saturated rings. The summed E-state index contributed by atoms with van der Waals surface area (Å²) in [6.07, 6.45) is 0. The quantitative estimate of drug-likeness (QED) is 0.784. The molecule has 5 heteroatoms. The smallest absolute Gasteiger partial charge is 0.175 e. The van der Waals surface area contributed by atoms with Gasteiger partial charge in [-0.3, -0.25) is 0 Å². The van der Waals surface area contributed by atoms with Gasteiger partial charge in [0.05, 0.1) is 18.7 Å². The fraction of sp³-hybridized carbons (Fsp3) is 0.333. The number of hydrogen-bond acceptors (Lipinski definition) is 4. The second-order valence-corrected chi connectivity index (χ2v) is 5.00. The third-order valence-corrected chi connectivity index (χ3v) is 3.49. The second kappa shape index (κ2) is 5.71. The van der Waals surface area contributed by atoms with Crippen LogP contribution in [0.25, 0.3) is 0 Å². The number of rotatable bonds is 2. The van der Waals surface area contributed by atoms with Crippen LogP contribution in [0.4, 0.5) is 0 Å². The Labute approximate surface area is 105 Å². The zero-order valence-electron chi connectivity index (χ0n) is 9.73. The van der Waals surface area contributed by atoms with Crippen molar-refractivity contribution in [1.29, 1.82) is 5.26 Å². The van der Waals surface area contributed by atoms with Crippen LogP contribution in [0.5, 0.6) is 0 Å². The van der Waals surface area contributed by atoms with Crippen LogP contribution in [0.1, 0.15) is 11.1 Å². The van der Waals surface area contributed by atoms with E-state index in [-0.39, 0.29) is 0 Å². The van der Waals surface area contributed by atoms with E-state index in [1.54, 1.807) is 11.8 Å². The number of quaternary nitrogens is 1. The van der Waals surface area contributed by atoms with Crippen LogP contribution in [0.15, 0.2) is 29.3 Å². The molecular weight excluding hydrogens is 232 g/mol. The lowest BCUT2D eigenvalue weighted by molar-refractivity contribution is -0.882. The maximum Gasteiger partial charge on any atom is 0.175 e. The third-order valence-electron chi connectivity index (χ3n) is 2.47. The summed E-state index contributed by atoms with van der Waals surface area (Å²) >= 11 is 1.69. The highest BCUT2D eigenvalue weighted by molar-refractivity contribution is 8.13. The van der Waals surface area contributed by atoms with Crippen molar-refractivity contribution in [2.24, 2.45) is 4.99 Å². The Balaban J connectivity index is 1.92. The monoisotopic (exact) mass is 247 g/mol. The van der Waals surface area contributed by atoms with Crippen LogP contribution in [0.2, 0.25) is 0 Å². The summed E-state index contributed by atoms with van der Waals surface area (Å²) in [4.78, 5) is 5.80. The van der Waals surface area contributed by atoms with Gasteiger partial charge >= 0.3 is 0 Å². The average Bonchev–Trinajstić information content (AvgIpc) is 2.38. The number of hydrogen-bond donors (Lipinski definition) is 2. The van der Waals surface area contributed by atoms with Gasteiger partial charge in [-0.1, -0.05) is 23.9 Å². The zero-order chi connectivity index (χ0) is 12.1. The van der Waals surface area contributed by atoms with E-state index in [2.05, 4.69) is 23.4 Å². The summed E-state index contributed by atoms with van der Waals surface area (Å²) < 4.78 is 0. The molecule has 0 aliphatic carbocycles. The standard InChI is InChI=1S/C12H14N4S/c1-16-8-14-12(15-9-16)17-7-11-4-2-3-10(5-11)6-13/h2-5H,7-9H2,1H3,(H,14,15)/p+1. The highest BCUT2D eigenvalue weighted by Gasteiger charge is 2.10. The molecule has 1 aliphatic rings. The van der Waals surface area contributed by atoms with Crippen LogP contribution in [-0.4, -0.2) is 25.6 Å². The Hall–Kier alpha value is -1.51. The number of thioether (sulfide) groups is 1. The molecule has 1 aromatic rings. The normalized spacial score (nSPS) is 19.1. The summed E-state index contributed by atoms with van der Waals surface area (Å²) in [6, 6.07) is 9.85. The zero-order valence-corrected chi connectivity index (χ0v) is 10.5. The summed E-state index contributed by atoms with van der Waals surface area (Å²) in [5.41, 5.74) is 1.87. The fourth-order valence-electron chi connectivity index (χ4n) is 1.52. The SMILES string of the molecule is C[NH+]1CN=C(SCc2cccc(C#N)c2)NC1. The molecule has 0 saturated carbocycles. The lowest BCUT2D eigenvalue weighted by Gasteiger charge is -2.19. The van der Waals surface area contributed by atoms with E-state index in [0.717, 1.165) is 29.8 Å². The van der Waals surface area contributed by atoms with Crippen molar-refractivity contribution in [3.05, 3.63) is 35.4 Å². The molecule has 0 spiro atoms. The summed E-state index contributed by atoms with van der Waals surface area (Å²) in [6.45, 7) is 1.75. The highest BCUT2D eigenvalue weighted by atomic mass is 32.2. The van der Waals surface area contributed by atoms with Gasteiger partial charge in [-0.2, -0.15) is 5.26 Å². The van der Waals surface area contributed by atoms with Crippen molar-refractivity contribution >= 4 is 16.9 Å². The molecule has 0 aromatic heterocycles. The van der Waals surface area contributed by atoms with E-state index in [9.17, 15) is 0 Å². The van der Waals surface area contributed by atoms with E-state index >= 15 is 0 Å². The molecule has 2 rings (SSSR count). The molecule has 0 radical (unpaired) electrons. The Kier molecular flexibility index (Phi) is 4.02. The minimum absolute atomic E-state index is 0.714. The number of benzene rings is 1. The lowest BCUT2D eigenvalue weighted by atomic mass is 10.2. The first-order valence-corrected chi connectivity index (χ1v) is 6.48. The molecule has 1 atom stereocenters. The first-order valence-electron chi connectivity index (χ1n) is 5.49. The first-order chi connectivity index (χ1) is 8.28. The number of aliphatic imine (C=N–C) groups is 1. The van der Waals surface area contributed by atoms with Crippen molar-refractivity contribution in [1.82, 2.24) is 5.32 Å². The van der Waals surface area contributed by atoms with Gasteiger partial charge < -0.3 is 10.2 Å².